The van der Waals surface area contributed by atoms with Gasteiger partial charge in [-0.2, -0.15) is 0 Å². The van der Waals surface area contributed by atoms with Crippen molar-refractivity contribution >= 4 is 63.4 Å². The normalized spacial score (nSPS) is 16.6. The van der Waals surface area contributed by atoms with Crippen LogP contribution in [0.1, 0.15) is 21.3 Å². The first-order valence-corrected chi connectivity index (χ1v) is 14.3. The van der Waals surface area contributed by atoms with Crippen molar-refractivity contribution in [2.24, 2.45) is 0 Å². The van der Waals surface area contributed by atoms with Gasteiger partial charge < -0.3 is 20.5 Å². The van der Waals surface area contributed by atoms with Crippen LogP contribution in [0.3, 0.4) is 0 Å². The summed E-state index contributed by atoms with van der Waals surface area (Å²) in [6, 6.07) is 32.2. The summed E-state index contributed by atoms with van der Waals surface area (Å²) in [4.78, 5) is 46.5. The number of hydrogen-bond donors (Lipinski definition) is 3. The number of thioether (sulfide) groups is 1. The average Bonchev–Trinajstić information content (AvgIpc) is 3.39. The lowest BCUT2D eigenvalue weighted by Gasteiger charge is -2.28. The van der Waals surface area contributed by atoms with Crippen LogP contribution in [0.4, 0.5) is 11.4 Å². The molecule has 41 heavy (non-hydrogen) atoms. The molecule has 2 atom stereocenters. The molecule has 0 aliphatic carbocycles. The quantitative estimate of drug-likeness (QED) is 0.215. The van der Waals surface area contributed by atoms with Crippen LogP contribution in [-0.4, -0.2) is 35.3 Å². The summed E-state index contributed by atoms with van der Waals surface area (Å²) < 4.78 is 0. The molecule has 3 amide bonds. The minimum absolute atomic E-state index is 0.247. The van der Waals surface area contributed by atoms with Crippen molar-refractivity contribution in [2.45, 2.75) is 16.2 Å². The van der Waals surface area contributed by atoms with Crippen LogP contribution in [0.2, 0.25) is 5.02 Å². The standard InChI is InChI=1S/C32H25ClN4O3S/c33-22-15-16-26-27(18-22)41-30(20-9-3-1-4-10-20)29(36-31(39)25-17-21-11-7-8-14-24(21)35-25)32(40)37(26)19-28(38)34-23-12-5-2-6-13-23/h1-18,29-30,35H,19H2,(H,34,38)(H,36,39)/t29-,30+/m0/s1. The number of halogens is 1. The fourth-order valence-electron chi connectivity index (χ4n) is 4.91. The first kappa shape index (κ1) is 26.7. The summed E-state index contributed by atoms with van der Waals surface area (Å²) in [5, 5.41) is 6.75. The van der Waals surface area contributed by atoms with E-state index < -0.39 is 23.1 Å². The molecule has 3 N–H and O–H groups in total. The number of carbonyl (C=O) groups excluding carboxylic acids is 3. The van der Waals surface area contributed by atoms with Gasteiger partial charge in [0.2, 0.25) is 5.91 Å². The molecule has 0 saturated heterocycles. The molecule has 1 aromatic heterocycles. The molecular formula is C32H25ClN4O3S. The second kappa shape index (κ2) is 11.5. The largest absolute Gasteiger partial charge is 0.351 e. The third-order valence-electron chi connectivity index (χ3n) is 6.85. The molecule has 0 saturated carbocycles. The van der Waals surface area contributed by atoms with Crippen molar-refractivity contribution in [2.75, 3.05) is 16.8 Å². The van der Waals surface area contributed by atoms with Gasteiger partial charge >= 0.3 is 0 Å². The van der Waals surface area contributed by atoms with E-state index in [9.17, 15) is 14.4 Å². The topological polar surface area (TPSA) is 94.3 Å². The summed E-state index contributed by atoms with van der Waals surface area (Å²) >= 11 is 7.82. The fourth-order valence-corrected chi connectivity index (χ4v) is 6.53. The van der Waals surface area contributed by atoms with Gasteiger partial charge in [-0.15, -0.1) is 11.8 Å². The Morgan fingerprint density at radius 3 is 2.34 bits per heavy atom. The zero-order valence-corrected chi connectivity index (χ0v) is 23.3. The lowest BCUT2D eigenvalue weighted by Crippen LogP contribution is -2.52. The van der Waals surface area contributed by atoms with Crippen LogP contribution in [0.25, 0.3) is 10.9 Å². The number of nitrogens with one attached hydrogen (secondary N) is 3. The zero-order valence-electron chi connectivity index (χ0n) is 21.7. The van der Waals surface area contributed by atoms with Crippen molar-refractivity contribution in [1.82, 2.24) is 10.3 Å². The van der Waals surface area contributed by atoms with Crippen molar-refractivity contribution in [1.29, 1.82) is 0 Å². The van der Waals surface area contributed by atoms with Crippen LogP contribution in [-0.2, 0) is 9.59 Å². The van der Waals surface area contributed by atoms with Gasteiger partial charge in [-0.05, 0) is 48.0 Å². The van der Waals surface area contributed by atoms with E-state index in [1.165, 1.54) is 16.7 Å². The van der Waals surface area contributed by atoms with Gasteiger partial charge in [-0.1, -0.05) is 78.3 Å². The van der Waals surface area contributed by atoms with Crippen LogP contribution in [0, 0.1) is 0 Å². The Kier molecular flexibility index (Phi) is 7.50. The number of nitrogens with zero attached hydrogens (tertiary/aromatic N) is 1. The molecule has 0 radical (unpaired) electrons. The Bertz CT molecular complexity index is 1710. The molecule has 0 fully saturated rings. The molecule has 7 nitrogen and oxygen atoms in total. The number of carbonyl (C=O) groups is 3. The highest BCUT2D eigenvalue weighted by Gasteiger charge is 2.40. The van der Waals surface area contributed by atoms with E-state index >= 15 is 0 Å². The van der Waals surface area contributed by atoms with Crippen molar-refractivity contribution in [3.63, 3.8) is 0 Å². The van der Waals surface area contributed by atoms with Gasteiger partial charge in [-0.3, -0.25) is 14.4 Å². The number of amides is 3. The molecule has 9 heteroatoms. The number of hydrogen-bond acceptors (Lipinski definition) is 4. The molecule has 0 bridgehead atoms. The fraction of sp³-hybridized carbons (Fsp3) is 0.0938. The Morgan fingerprint density at radius 1 is 0.878 bits per heavy atom. The maximum atomic E-state index is 14.4. The maximum Gasteiger partial charge on any atom is 0.268 e. The number of H-pyrrole nitrogens is 1. The van der Waals surface area contributed by atoms with Crippen LogP contribution in [0.5, 0.6) is 0 Å². The molecule has 1 aliphatic heterocycles. The van der Waals surface area contributed by atoms with Crippen LogP contribution >= 0.6 is 23.4 Å². The molecule has 0 spiro atoms. The summed E-state index contributed by atoms with van der Waals surface area (Å²) in [6.07, 6.45) is 0. The van der Waals surface area contributed by atoms with E-state index in [2.05, 4.69) is 15.6 Å². The molecule has 6 rings (SSSR count). The summed E-state index contributed by atoms with van der Waals surface area (Å²) in [5.41, 5.74) is 3.19. The van der Waals surface area contributed by atoms with Crippen LogP contribution < -0.4 is 15.5 Å². The number of para-hydroxylation sites is 2. The average molecular weight is 581 g/mol. The van der Waals surface area contributed by atoms with E-state index in [0.717, 1.165) is 21.4 Å². The number of aromatic amines is 1. The number of rotatable bonds is 6. The number of fused-ring (bicyclic) bond motifs is 2. The van der Waals surface area contributed by atoms with Crippen molar-refractivity contribution in [3.05, 3.63) is 125 Å². The second-order valence-corrected chi connectivity index (χ2v) is 11.2. The minimum Gasteiger partial charge on any atom is -0.351 e. The van der Waals surface area contributed by atoms with Crippen molar-refractivity contribution in [3.8, 4) is 0 Å². The van der Waals surface area contributed by atoms with Crippen LogP contribution in [0.15, 0.2) is 114 Å². The summed E-state index contributed by atoms with van der Waals surface area (Å²) in [6.45, 7) is -0.247. The monoisotopic (exact) mass is 580 g/mol. The summed E-state index contributed by atoms with van der Waals surface area (Å²) in [7, 11) is 0. The van der Waals surface area contributed by atoms with E-state index in [-0.39, 0.29) is 12.5 Å². The summed E-state index contributed by atoms with van der Waals surface area (Å²) in [5.74, 6) is -1.19. The number of anilines is 2. The third-order valence-corrected chi connectivity index (χ3v) is 8.46. The predicted octanol–water partition coefficient (Wildman–Crippen LogP) is 6.44. The molecule has 4 aromatic carbocycles. The first-order valence-electron chi connectivity index (χ1n) is 13.0. The Labute approximate surface area is 245 Å². The lowest BCUT2D eigenvalue weighted by molar-refractivity contribution is -0.123. The van der Waals surface area contributed by atoms with Crippen molar-refractivity contribution < 1.29 is 14.4 Å². The molecule has 1 aliphatic rings. The molecule has 5 aromatic rings. The number of benzene rings is 4. The highest BCUT2D eigenvalue weighted by molar-refractivity contribution is 7.99. The lowest BCUT2D eigenvalue weighted by atomic mass is 10.0. The highest BCUT2D eigenvalue weighted by atomic mass is 35.5. The second-order valence-electron chi connectivity index (χ2n) is 9.62. The van der Waals surface area contributed by atoms with E-state index in [1.807, 2.05) is 72.8 Å². The first-order chi connectivity index (χ1) is 20.0. The van der Waals surface area contributed by atoms with Gasteiger partial charge in [0.05, 0.1) is 10.9 Å². The van der Waals surface area contributed by atoms with Gasteiger partial charge in [0.1, 0.15) is 18.3 Å². The molecule has 2 heterocycles. The predicted molar refractivity (Wildman–Crippen MR) is 163 cm³/mol. The number of aromatic nitrogens is 1. The van der Waals surface area contributed by atoms with Gasteiger partial charge in [0.25, 0.3) is 11.8 Å². The molecular weight excluding hydrogens is 556 g/mol. The maximum absolute atomic E-state index is 14.4. The third kappa shape index (κ3) is 5.70. The Balaban J connectivity index is 1.38. The molecule has 204 valence electrons. The smallest absolute Gasteiger partial charge is 0.268 e. The van der Waals surface area contributed by atoms with Gasteiger partial charge in [-0.25, -0.2) is 0 Å². The minimum atomic E-state index is -0.989. The van der Waals surface area contributed by atoms with E-state index in [4.69, 9.17) is 11.6 Å². The van der Waals surface area contributed by atoms with E-state index in [1.54, 1.807) is 36.4 Å². The SMILES string of the molecule is O=C(CN1C(=O)[C@@H](NC(=O)c2cc3ccccc3[nH]2)[C@@H](c2ccccc2)Sc2cc(Cl)ccc21)Nc1ccccc1. The zero-order chi connectivity index (χ0) is 28.3. The van der Waals surface area contributed by atoms with Gasteiger partial charge in [0.15, 0.2) is 0 Å². The Morgan fingerprint density at radius 2 is 1.59 bits per heavy atom. The van der Waals surface area contributed by atoms with Gasteiger partial charge in [0, 0.05) is 26.5 Å². The Hall–Kier alpha value is -4.53. The molecule has 0 unspecified atom stereocenters. The van der Waals surface area contributed by atoms with E-state index in [0.29, 0.717) is 22.1 Å². The highest BCUT2D eigenvalue weighted by Crippen LogP contribution is 2.46.